The van der Waals surface area contributed by atoms with Gasteiger partial charge in [0.05, 0.1) is 17.9 Å². The summed E-state index contributed by atoms with van der Waals surface area (Å²) in [4.78, 5) is 12.5. The summed E-state index contributed by atoms with van der Waals surface area (Å²) in [5.41, 5.74) is 0.345. The van der Waals surface area contributed by atoms with Gasteiger partial charge in [0, 0.05) is 26.2 Å². The number of halogens is 1. The fourth-order valence-corrected chi connectivity index (χ4v) is 3.22. The second-order valence-corrected chi connectivity index (χ2v) is 6.07. The number of piperidine rings is 1. The van der Waals surface area contributed by atoms with E-state index in [-0.39, 0.29) is 11.4 Å². The van der Waals surface area contributed by atoms with E-state index in [4.69, 9.17) is 4.74 Å². The highest BCUT2D eigenvalue weighted by Gasteiger charge is 2.40. The Hall–Kier alpha value is -1.27. The van der Waals surface area contributed by atoms with Crippen molar-refractivity contribution in [3.63, 3.8) is 0 Å². The van der Waals surface area contributed by atoms with Crippen LogP contribution in [0.3, 0.4) is 0 Å². The van der Waals surface area contributed by atoms with Crippen LogP contribution in [0.15, 0.2) is 6.33 Å². The van der Waals surface area contributed by atoms with Gasteiger partial charge in [-0.15, -0.1) is 0 Å². The first-order valence-electron chi connectivity index (χ1n) is 7.70. The van der Waals surface area contributed by atoms with Crippen LogP contribution in [0.1, 0.15) is 25.5 Å². The minimum atomic E-state index is -0.273. The molecule has 2 aliphatic rings. The zero-order chi connectivity index (χ0) is 14.9. The Morgan fingerprint density at radius 2 is 2.05 bits per heavy atom. The van der Waals surface area contributed by atoms with E-state index in [9.17, 15) is 4.39 Å². The first-order valence-corrected chi connectivity index (χ1v) is 7.70. The molecule has 3 rings (SSSR count). The van der Waals surface area contributed by atoms with Crippen LogP contribution in [0, 0.1) is 5.82 Å². The quantitative estimate of drug-likeness (QED) is 0.826. The molecule has 5 nitrogen and oxygen atoms in total. The molecule has 6 heteroatoms. The lowest BCUT2D eigenvalue weighted by atomic mass is 9.89. The molecule has 1 spiro atoms. The van der Waals surface area contributed by atoms with Crippen LogP contribution in [-0.4, -0.2) is 60.3 Å². The van der Waals surface area contributed by atoms with Gasteiger partial charge in [0.25, 0.3) is 0 Å². The van der Waals surface area contributed by atoms with E-state index in [0.717, 1.165) is 32.5 Å². The average Bonchev–Trinajstić information content (AvgIpc) is 2.51. The van der Waals surface area contributed by atoms with Gasteiger partial charge in [-0.1, -0.05) is 6.92 Å². The number of nitrogens with zero attached hydrogens (tertiary/aromatic N) is 4. The predicted molar refractivity (Wildman–Crippen MR) is 79.0 cm³/mol. The fraction of sp³-hybridized carbons (Fsp3) is 0.733. The summed E-state index contributed by atoms with van der Waals surface area (Å²) < 4.78 is 20.5. The molecule has 0 aromatic carbocycles. The van der Waals surface area contributed by atoms with Crippen molar-refractivity contribution < 1.29 is 9.13 Å². The van der Waals surface area contributed by atoms with E-state index in [1.807, 2.05) is 11.8 Å². The van der Waals surface area contributed by atoms with Crippen molar-refractivity contribution in [3.8, 4) is 0 Å². The summed E-state index contributed by atoms with van der Waals surface area (Å²) in [5, 5.41) is 0. The number of rotatable bonds is 2. The van der Waals surface area contributed by atoms with Crippen LogP contribution >= 0.6 is 0 Å². The standard InChI is InChI=1S/C15H23FN4O/c1-3-12-13(16)14(18-11-17-12)20-8-9-21-15(10-20)4-6-19(2)7-5-15/h11H,3-10H2,1-2H3. The number of anilines is 1. The zero-order valence-electron chi connectivity index (χ0n) is 12.8. The third kappa shape index (κ3) is 2.87. The molecule has 0 saturated carbocycles. The molecular formula is C15H23FN4O. The van der Waals surface area contributed by atoms with Crippen LogP contribution < -0.4 is 4.90 Å². The third-order valence-electron chi connectivity index (χ3n) is 4.62. The lowest BCUT2D eigenvalue weighted by molar-refractivity contribution is -0.0886. The van der Waals surface area contributed by atoms with Crippen LogP contribution in [0.2, 0.25) is 0 Å². The average molecular weight is 294 g/mol. The van der Waals surface area contributed by atoms with E-state index >= 15 is 0 Å². The maximum Gasteiger partial charge on any atom is 0.187 e. The molecule has 0 aliphatic carbocycles. The summed E-state index contributed by atoms with van der Waals surface area (Å²) >= 11 is 0. The molecule has 3 heterocycles. The number of morpholine rings is 1. The van der Waals surface area contributed by atoms with Crippen molar-refractivity contribution in [1.82, 2.24) is 14.9 Å². The monoisotopic (exact) mass is 294 g/mol. The molecular weight excluding hydrogens is 271 g/mol. The van der Waals surface area contributed by atoms with Gasteiger partial charge in [-0.05, 0) is 26.3 Å². The third-order valence-corrected chi connectivity index (χ3v) is 4.62. The molecule has 0 radical (unpaired) electrons. The van der Waals surface area contributed by atoms with Crippen LogP contribution in [-0.2, 0) is 11.2 Å². The lowest BCUT2D eigenvalue weighted by Gasteiger charge is -2.47. The summed E-state index contributed by atoms with van der Waals surface area (Å²) in [5.74, 6) is 0.161. The van der Waals surface area contributed by atoms with Crippen LogP contribution in [0.4, 0.5) is 10.2 Å². The van der Waals surface area contributed by atoms with Gasteiger partial charge in [0.1, 0.15) is 6.33 Å². The van der Waals surface area contributed by atoms with E-state index in [0.29, 0.717) is 31.1 Å². The molecule has 1 aromatic heterocycles. The Balaban J connectivity index is 1.80. The first kappa shape index (κ1) is 14.7. The summed E-state index contributed by atoms with van der Waals surface area (Å²) in [6, 6.07) is 0. The summed E-state index contributed by atoms with van der Waals surface area (Å²) in [6.07, 6.45) is 4.04. The SMILES string of the molecule is CCc1ncnc(N2CCOC3(CCN(C)CC3)C2)c1F. The Kier molecular flexibility index (Phi) is 4.08. The maximum atomic E-state index is 14.5. The van der Waals surface area contributed by atoms with Crippen molar-refractivity contribution >= 4 is 5.82 Å². The van der Waals surface area contributed by atoms with Crippen LogP contribution in [0.25, 0.3) is 0 Å². The highest BCUT2D eigenvalue weighted by molar-refractivity contribution is 5.42. The van der Waals surface area contributed by atoms with Crippen molar-refractivity contribution in [3.05, 3.63) is 17.8 Å². The largest absolute Gasteiger partial charge is 0.371 e. The summed E-state index contributed by atoms with van der Waals surface area (Å²) in [6.45, 7) is 6.01. The normalized spacial score (nSPS) is 22.7. The molecule has 1 aromatic rings. The molecule has 2 fully saturated rings. The molecule has 0 N–H and O–H groups in total. The Morgan fingerprint density at radius 1 is 1.29 bits per heavy atom. The molecule has 2 saturated heterocycles. The minimum Gasteiger partial charge on any atom is -0.371 e. The molecule has 2 aliphatic heterocycles. The molecule has 116 valence electrons. The number of aryl methyl sites for hydroxylation is 1. The molecule has 0 atom stereocenters. The summed E-state index contributed by atoms with van der Waals surface area (Å²) in [7, 11) is 2.13. The van der Waals surface area contributed by atoms with Gasteiger partial charge in [0.2, 0.25) is 0 Å². The smallest absolute Gasteiger partial charge is 0.187 e. The van der Waals surface area contributed by atoms with Crippen molar-refractivity contribution in [1.29, 1.82) is 0 Å². The first-order chi connectivity index (χ1) is 10.1. The van der Waals surface area contributed by atoms with Crippen molar-refractivity contribution in [2.75, 3.05) is 44.7 Å². The lowest BCUT2D eigenvalue weighted by Crippen LogP contribution is -2.56. The number of hydrogen-bond donors (Lipinski definition) is 0. The maximum absolute atomic E-state index is 14.5. The molecule has 0 bridgehead atoms. The van der Waals surface area contributed by atoms with E-state index < -0.39 is 0 Å². The fourth-order valence-electron chi connectivity index (χ4n) is 3.22. The van der Waals surface area contributed by atoms with Gasteiger partial charge in [-0.3, -0.25) is 0 Å². The van der Waals surface area contributed by atoms with Gasteiger partial charge in [-0.2, -0.15) is 0 Å². The topological polar surface area (TPSA) is 41.5 Å². The second-order valence-electron chi connectivity index (χ2n) is 6.07. The van der Waals surface area contributed by atoms with Crippen LogP contribution in [0.5, 0.6) is 0 Å². The highest BCUT2D eigenvalue weighted by Crippen LogP contribution is 2.32. The zero-order valence-corrected chi connectivity index (χ0v) is 12.8. The minimum absolute atomic E-state index is 0.144. The Labute approximate surface area is 125 Å². The Bertz CT molecular complexity index is 502. The Morgan fingerprint density at radius 3 is 2.76 bits per heavy atom. The highest BCUT2D eigenvalue weighted by atomic mass is 19.1. The van der Waals surface area contributed by atoms with E-state index in [2.05, 4.69) is 21.9 Å². The molecule has 0 amide bonds. The van der Waals surface area contributed by atoms with E-state index in [1.165, 1.54) is 6.33 Å². The second kappa shape index (κ2) is 5.85. The number of likely N-dealkylation sites (tertiary alicyclic amines) is 1. The van der Waals surface area contributed by atoms with Gasteiger partial charge in [-0.25, -0.2) is 14.4 Å². The molecule has 0 unspecified atom stereocenters. The molecule has 21 heavy (non-hydrogen) atoms. The van der Waals surface area contributed by atoms with Gasteiger partial charge >= 0.3 is 0 Å². The van der Waals surface area contributed by atoms with E-state index in [1.54, 1.807) is 0 Å². The number of hydrogen-bond acceptors (Lipinski definition) is 5. The number of ether oxygens (including phenoxy) is 1. The van der Waals surface area contributed by atoms with Crippen molar-refractivity contribution in [2.45, 2.75) is 31.8 Å². The van der Waals surface area contributed by atoms with Gasteiger partial charge in [0.15, 0.2) is 11.6 Å². The number of aromatic nitrogens is 2. The van der Waals surface area contributed by atoms with Gasteiger partial charge < -0.3 is 14.5 Å². The van der Waals surface area contributed by atoms with Crippen molar-refractivity contribution in [2.24, 2.45) is 0 Å². The predicted octanol–water partition coefficient (Wildman–Crippen LogP) is 1.48.